The average Bonchev–Trinajstić information content (AvgIpc) is 3.01. The van der Waals surface area contributed by atoms with E-state index >= 15 is 0 Å². The van der Waals surface area contributed by atoms with Gasteiger partial charge in [0.25, 0.3) is 5.91 Å². The van der Waals surface area contributed by atoms with Gasteiger partial charge in [0.1, 0.15) is 5.75 Å². The number of ether oxygens (including phenoxy) is 1. The van der Waals surface area contributed by atoms with Crippen molar-refractivity contribution in [3.8, 4) is 17.0 Å². The fourth-order valence-corrected chi connectivity index (χ4v) is 3.52. The van der Waals surface area contributed by atoms with E-state index in [1.165, 1.54) is 16.9 Å². The molecule has 3 rings (SSSR count). The quantitative estimate of drug-likeness (QED) is 0.667. The number of anilines is 1. The van der Waals surface area contributed by atoms with Crippen LogP contribution in [0.1, 0.15) is 22.9 Å². The van der Waals surface area contributed by atoms with E-state index in [9.17, 15) is 4.79 Å². The van der Waals surface area contributed by atoms with Gasteiger partial charge >= 0.3 is 0 Å². The lowest BCUT2D eigenvalue weighted by Crippen LogP contribution is -2.20. The number of nitrogens with zero attached hydrogens (tertiary/aromatic N) is 1. The number of para-hydroxylation sites is 1. The van der Waals surface area contributed by atoms with Gasteiger partial charge < -0.3 is 4.74 Å². The minimum absolute atomic E-state index is 0.0322. The van der Waals surface area contributed by atoms with E-state index in [1.807, 2.05) is 43.3 Å². The van der Waals surface area contributed by atoms with Crippen molar-refractivity contribution in [2.75, 3.05) is 11.9 Å². The van der Waals surface area contributed by atoms with Crippen molar-refractivity contribution in [1.29, 1.82) is 0 Å². The van der Waals surface area contributed by atoms with Crippen molar-refractivity contribution in [1.82, 2.24) is 4.98 Å². The number of carbonyl (C=O) groups is 1. The number of hydrogen-bond donors (Lipinski definition) is 1. The molecular weight excluding hydrogens is 344 g/mol. The van der Waals surface area contributed by atoms with E-state index < -0.39 is 0 Å². The predicted molar refractivity (Wildman–Crippen MR) is 107 cm³/mol. The Labute approximate surface area is 157 Å². The normalized spacial score (nSPS) is 10.6. The maximum atomic E-state index is 12.2. The van der Waals surface area contributed by atoms with Gasteiger partial charge in [-0.1, -0.05) is 55.0 Å². The lowest BCUT2D eigenvalue weighted by Gasteiger charge is -2.09. The number of thiazole rings is 1. The Morgan fingerprint density at radius 3 is 2.58 bits per heavy atom. The van der Waals surface area contributed by atoms with E-state index in [0.29, 0.717) is 5.13 Å². The van der Waals surface area contributed by atoms with Gasteiger partial charge in [0.05, 0.1) is 5.69 Å². The minimum Gasteiger partial charge on any atom is -0.483 e. The van der Waals surface area contributed by atoms with Crippen molar-refractivity contribution in [2.24, 2.45) is 0 Å². The Bertz CT molecular complexity index is 901. The zero-order valence-corrected chi connectivity index (χ0v) is 16.0. The average molecular weight is 366 g/mol. The molecule has 1 heterocycles. The molecule has 0 aliphatic heterocycles. The second kappa shape index (κ2) is 8.15. The molecule has 0 bridgehead atoms. The molecule has 5 heteroatoms. The number of hydrogen-bond acceptors (Lipinski definition) is 4. The number of nitrogens with one attached hydrogen (secondary N) is 1. The highest BCUT2D eigenvalue weighted by Crippen LogP contribution is 2.30. The van der Waals surface area contributed by atoms with Crippen molar-refractivity contribution in [2.45, 2.75) is 27.2 Å². The summed E-state index contributed by atoms with van der Waals surface area (Å²) in [6.07, 6.45) is 0.864. The zero-order valence-electron chi connectivity index (χ0n) is 15.2. The molecule has 0 aliphatic carbocycles. The number of amides is 1. The molecule has 0 fully saturated rings. The number of rotatable bonds is 6. The molecule has 1 amide bonds. The van der Waals surface area contributed by atoms with Crippen molar-refractivity contribution in [3.63, 3.8) is 0 Å². The topological polar surface area (TPSA) is 51.2 Å². The lowest BCUT2D eigenvalue weighted by molar-refractivity contribution is -0.118. The van der Waals surface area contributed by atoms with Crippen LogP contribution in [0, 0.1) is 13.8 Å². The Morgan fingerprint density at radius 1 is 1.12 bits per heavy atom. The van der Waals surface area contributed by atoms with Crippen LogP contribution in [-0.2, 0) is 11.2 Å². The highest BCUT2D eigenvalue weighted by atomic mass is 32.1. The first kappa shape index (κ1) is 18.1. The van der Waals surface area contributed by atoms with Crippen LogP contribution in [0.4, 0.5) is 5.13 Å². The van der Waals surface area contributed by atoms with E-state index in [0.717, 1.165) is 33.9 Å². The molecule has 0 spiro atoms. The Balaban J connectivity index is 1.65. The summed E-state index contributed by atoms with van der Waals surface area (Å²) in [5, 5.41) is 3.43. The summed E-state index contributed by atoms with van der Waals surface area (Å²) in [5.41, 5.74) is 4.26. The fraction of sp³-hybridized carbons (Fsp3) is 0.238. The SMILES string of the molecule is CCc1ccccc1OCC(=O)Nc1nc(-c2ccc(C)cc2)c(C)s1. The second-order valence-electron chi connectivity index (χ2n) is 6.09. The number of carbonyl (C=O) groups excluding carboxylic acids is 1. The van der Waals surface area contributed by atoms with E-state index in [1.54, 1.807) is 0 Å². The van der Waals surface area contributed by atoms with E-state index in [2.05, 4.69) is 36.3 Å². The van der Waals surface area contributed by atoms with Gasteiger partial charge in [-0.05, 0) is 31.9 Å². The number of aryl methyl sites for hydroxylation is 3. The van der Waals surface area contributed by atoms with Gasteiger partial charge in [-0.25, -0.2) is 4.98 Å². The molecule has 26 heavy (non-hydrogen) atoms. The predicted octanol–water partition coefficient (Wildman–Crippen LogP) is 5.01. The summed E-state index contributed by atoms with van der Waals surface area (Å²) < 4.78 is 5.66. The van der Waals surface area contributed by atoms with Crippen molar-refractivity contribution >= 4 is 22.4 Å². The van der Waals surface area contributed by atoms with Crippen molar-refractivity contribution < 1.29 is 9.53 Å². The number of aromatic nitrogens is 1. The van der Waals surface area contributed by atoms with Gasteiger partial charge in [-0.2, -0.15) is 0 Å². The van der Waals surface area contributed by atoms with Crippen LogP contribution >= 0.6 is 11.3 Å². The third kappa shape index (κ3) is 4.29. The van der Waals surface area contributed by atoms with Crippen molar-refractivity contribution in [3.05, 3.63) is 64.5 Å². The van der Waals surface area contributed by atoms with E-state index in [4.69, 9.17) is 4.74 Å². The molecule has 0 radical (unpaired) electrons. The third-order valence-electron chi connectivity index (χ3n) is 4.08. The van der Waals surface area contributed by atoms with Crippen LogP contribution in [0.25, 0.3) is 11.3 Å². The molecule has 4 nitrogen and oxygen atoms in total. The molecular formula is C21H22N2O2S. The second-order valence-corrected chi connectivity index (χ2v) is 7.29. The summed E-state index contributed by atoms with van der Waals surface area (Å²) in [4.78, 5) is 17.9. The van der Waals surface area contributed by atoms with Gasteiger partial charge in [-0.15, -0.1) is 11.3 Å². The molecule has 2 aromatic carbocycles. The molecule has 134 valence electrons. The highest BCUT2D eigenvalue weighted by Gasteiger charge is 2.13. The third-order valence-corrected chi connectivity index (χ3v) is 4.97. The molecule has 1 N–H and O–H groups in total. The maximum Gasteiger partial charge on any atom is 0.264 e. The molecule has 3 aromatic rings. The zero-order chi connectivity index (χ0) is 18.5. The highest BCUT2D eigenvalue weighted by molar-refractivity contribution is 7.16. The van der Waals surface area contributed by atoms with Crippen LogP contribution < -0.4 is 10.1 Å². The molecule has 0 saturated heterocycles. The lowest BCUT2D eigenvalue weighted by atomic mass is 10.1. The summed E-state index contributed by atoms with van der Waals surface area (Å²) in [6, 6.07) is 16.0. The first-order valence-electron chi connectivity index (χ1n) is 8.62. The first-order chi connectivity index (χ1) is 12.6. The monoisotopic (exact) mass is 366 g/mol. The molecule has 0 unspecified atom stereocenters. The summed E-state index contributed by atoms with van der Waals surface area (Å²) in [6.45, 7) is 6.10. The fourth-order valence-electron chi connectivity index (χ4n) is 2.66. The van der Waals surface area contributed by atoms with Gasteiger partial charge in [0.2, 0.25) is 0 Å². The van der Waals surface area contributed by atoms with Crippen LogP contribution in [0.3, 0.4) is 0 Å². The summed E-state index contributed by atoms with van der Waals surface area (Å²) in [5.74, 6) is 0.543. The van der Waals surface area contributed by atoms with Crippen LogP contribution in [0.2, 0.25) is 0 Å². The smallest absolute Gasteiger partial charge is 0.264 e. The Kier molecular flexibility index (Phi) is 5.68. The largest absolute Gasteiger partial charge is 0.483 e. The number of benzene rings is 2. The van der Waals surface area contributed by atoms with Crippen LogP contribution in [0.15, 0.2) is 48.5 Å². The minimum atomic E-state index is -0.208. The maximum absolute atomic E-state index is 12.2. The van der Waals surface area contributed by atoms with E-state index in [-0.39, 0.29) is 12.5 Å². The van der Waals surface area contributed by atoms with Crippen LogP contribution in [-0.4, -0.2) is 17.5 Å². The first-order valence-corrected chi connectivity index (χ1v) is 9.43. The van der Waals surface area contributed by atoms with Gasteiger partial charge in [0, 0.05) is 10.4 Å². The molecule has 0 saturated carbocycles. The van der Waals surface area contributed by atoms with Crippen LogP contribution in [0.5, 0.6) is 5.75 Å². The summed E-state index contributed by atoms with van der Waals surface area (Å²) in [7, 11) is 0. The van der Waals surface area contributed by atoms with Gasteiger partial charge in [0.15, 0.2) is 11.7 Å². The standard InChI is InChI=1S/C21H22N2O2S/c1-4-16-7-5-6-8-18(16)25-13-19(24)22-21-23-20(15(3)26-21)17-11-9-14(2)10-12-17/h5-12H,4,13H2,1-3H3,(H,22,23,24). The molecule has 0 aliphatic rings. The Hall–Kier alpha value is -2.66. The van der Waals surface area contributed by atoms with Gasteiger partial charge in [-0.3, -0.25) is 10.1 Å². The Morgan fingerprint density at radius 2 is 1.85 bits per heavy atom. The molecule has 1 aromatic heterocycles. The molecule has 0 atom stereocenters. The summed E-state index contributed by atoms with van der Waals surface area (Å²) >= 11 is 1.47.